The molecule has 1 amide bonds. The first-order valence-electron chi connectivity index (χ1n) is 4.65. The van der Waals surface area contributed by atoms with Crippen molar-refractivity contribution in [3.8, 4) is 0 Å². The Bertz CT molecular complexity index is 362. The highest BCUT2D eigenvalue weighted by atomic mass is 35.7. The minimum absolute atomic E-state index is 0.434. The summed E-state index contributed by atoms with van der Waals surface area (Å²) >= 11 is 0. The lowest BCUT2D eigenvalue weighted by atomic mass is 10.2. The Hall–Kier alpha value is -0.940. The molecule has 0 radical (unpaired) electrons. The number of anilines is 1. The molecule has 0 bridgehead atoms. The molecule has 0 saturated carbocycles. The first-order valence-corrected chi connectivity index (χ1v) is 6.29. The van der Waals surface area contributed by atoms with Gasteiger partial charge in [0.2, 0.25) is 0 Å². The number of halogens is 1. The van der Waals surface area contributed by atoms with Gasteiger partial charge in [0.25, 0.3) is 0 Å². The van der Waals surface area contributed by atoms with E-state index < -0.39 is 11.7 Å². The summed E-state index contributed by atoms with van der Waals surface area (Å²) in [7, 11) is 6.61. The van der Waals surface area contributed by atoms with E-state index in [0.29, 0.717) is 5.82 Å². The number of aromatic nitrogens is 1. The zero-order valence-corrected chi connectivity index (χ0v) is 10.9. The average Bonchev–Trinajstić information content (AvgIpc) is 2.16. The molecule has 0 fully saturated rings. The van der Waals surface area contributed by atoms with E-state index in [-0.39, 0.29) is 0 Å². The number of ether oxygens (including phenoxy) is 1. The maximum absolute atomic E-state index is 11.4. The van der Waals surface area contributed by atoms with Crippen molar-refractivity contribution < 1.29 is 9.53 Å². The zero-order valence-electron chi connectivity index (χ0n) is 9.28. The lowest BCUT2D eigenvalue weighted by molar-refractivity contribution is 0.0635. The molecule has 6 heteroatoms. The number of carbonyl (C=O) groups excluding carboxylic acids is 1. The van der Waals surface area contributed by atoms with Gasteiger partial charge in [0.05, 0.1) is 0 Å². The Morgan fingerprint density at radius 3 is 2.62 bits per heavy atom. The van der Waals surface area contributed by atoms with Crippen molar-refractivity contribution in [2.24, 2.45) is 0 Å². The van der Waals surface area contributed by atoms with Crippen molar-refractivity contribution in [1.29, 1.82) is 0 Å². The third-order valence-electron chi connectivity index (χ3n) is 1.45. The van der Waals surface area contributed by atoms with Crippen LogP contribution in [0.1, 0.15) is 20.8 Å². The summed E-state index contributed by atoms with van der Waals surface area (Å²) < 4.78 is 5.08. The molecular weight excluding hydrogens is 248 g/mol. The normalized spacial score (nSPS) is 11.0. The molecule has 1 N–H and O–H groups in total. The second-order valence-electron chi connectivity index (χ2n) is 4.08. The quantitative estimate of drug-likeness (QED) is 0.881. The van der Waals surface area contributed by atoms with Crippen LogP contribution in [0, 0.1) is 0 Å². The maximum atomic E-state index is 11.4. The van der Waals surface area contributed by atoms with Crippen LogP contribution in [0.4, 0.5) is 10.6 Å². The summed E-state index contributed by atoms with van der Waals surface area (Å²) in [5.41, 5.74) is -0.518. The maximum Gasteiger partial charge on any atom is 0.413 e. The fourth-order valence-corrected chi connectivity index (χ4v) is 1.39. The summed E-state index contributed by atoms with van der Waals surface area (Å²) in [6.45, 7) is 5.40. The van der Waals surface area contributed by atoms with E-state index in [1.54, 1.807) is 39.1 Å². The van der Waals surface area contributed by atoms with Gasteiger partial charge in [-0.25, -0.2) is 9.78 Å². The van der Waals surface area contributed by atoms with E-state index in [0.717, 1.165) is 15.9 Å². The van der Waals surface area contributed by atoms with Crippen LogP contribution < -0.4 is 5.32 Å². The summed E-state index contributed by atoms with van der Waals surface area (Å²) in [6.07, 6.45) is 1.05. The molecule has 0 aliphatic carbocycles. The molecule has 0 unspecified atom stereocenters. The summed E-state index contributed by atoms with van der Waals surface area (Å²) in [6, 6.07) is 3.42. The Kier molecular flexibility index (Phi) is 4.44. The molecule has 0 spiro atoms. The lowest BCUT2D eigenvalue weighted by Crippen LogP contribution is -2.27. The number of nitrogens with one attached hydrogen (secondary N) is 1. The molecule has 0 aromatic carbocycles. The average molecular weight is 261 g/mol. The van der Waals surface area contributed by atoms with E-state index in [2.05, 4.69) is 10.3 Å². The fraction of sp³-hybridized carbons (Fsp3) is 0.400. The predicted octanol–water partition coefficient (Wildman–Crippen LogP) is 3.67. The number of rotatable bonds is 2. The van der Waals surface area contributed by atoms with Crippen LogP contribution in [0.3, 0.4) is 0 Å². The minimum atomic E-state index is -0.522. The zero-order chi connectivity index (χ0) is 12.2. The fourth-order valence-electron chi connectivity index (χ4n) is 0.908. The van der Waals surface area contributed by atoms with Crippen LogP contribution in [0.15, 0.2) is 23.2 Å². The van der Waals surface area contributed by atoms with E-state index in [1.165, 1.54) is 0 Å². The number of hydrogen-bond donors (Lipinski definition) is 1. The third kappa shape index (κ3) is 4.72. The number of nitrogens with zero attached hydrogens (tertiary/aromatic N) is 1. The van der Waals surface area contributed by atoms with Gasteiger partial charge in [0.15, 0.2) is 0 Å². The van der Waals surface area contributed by atoms with E-state index in [9.17, 15) is 4.79 Å². The molecule has 1 aromatic rings. The summed E-state index contributed by atoms with van der Waals surface area (Å²) in [5.74, 6) is 0.434. The van der Waals surface area contributed by atoms with Gasteiger partial charge in [-0.1, -0.05) is 0 Å². The van der Waals surface area contributed by atoms with Crippen molar-refractivity contribution in [2.45, 2.75) is 31.3 Å². The van der Waals surface area contributed by atoms with Crippen molar-refractivity contribution in [2.75, 3.05) is 5.32 Å². The summed E-state index contributed by atoms with van der Waals surface area (Å²) in [5, 5.41) is 2.53. The van der Waals surface area contributed by atoms with Crippen LogP contribution in [0.5, 0.6) is 0 Å². The molecule has 4 nitrogen and oxygen atoms in total. The summed E-state index contributed by atoms with van der Waals surface area (Å²) in [4.78, 5) is 16.2. The molecule has 88 valence electrons. The topological polar surface area (TPSA) is 51.2 Å². The molecule has 1 heterocycles. The van der Waals surface area contributed by atoms with Gasteiger partial charge in [-0.15, -0.1) is 0 Å². The van der Waals surface area contributed by atoms with E-state index in [1.807, 2.05) is 0 Å². The van der Waals surface area contributed by atoms with Gasteiger partial charge >= 0.3 is 6.09 Å². The number of carbonyl (C=O) groups is 1. The van der Waals surface area contributed by atoms with Crippen LogP contribution >= 0.6 is 21.7 Å². The van der Waals surface area contributed by atoms with Crippen molar-refractivity contribution in [3.63, 3.8) is 0 Å². The van der Waals surface area contributed by atoms with Crippen LogP contribution in [0.25, 0.3) is 0 Å². The minimum Gasteiger partial charge on any atom is -0.444 e. The largest absolute Gasteiger partial charge is 0.444 e. The van der Waals surface area contributed by atoms with Gasteiger partial charge in [0, 0.05) is 11.1 Å². The van der Waals surface area contributed by atoms with Crippen molar-refractivity contribution >= 4 is 33.6 Å². The Labute approximate surface area is 103 Å². The van der Waals surface area contributed by atoms with Gasteiger partial charge in [-0.05, 0) is 54.6 Å². The first-order chi connectivity index (χ1) is 7.40. The number of hydrogen-bond acceptors (Lipinski definition) is 4. The number of amides is 1. The van der Waals surface area contributed by atoms with Crippen molar-refractivity contribution in [1.82, 2.24) is 4.98 Å². The second-order valence-corrected chi connectivity index (χ2v) is 5.17. The Morgan fingerprint density at radius 2 is 2.19 bits per heavy atom. The van der Waals surface area contributed by atoms with Gasteiger partial charge in [-0.3, -0.25) is 5.32 Å². The third-order valence-corrected chi connectivity index (χ3v) is 2.41. The molecule has 0 aliphatic rings. The van der Waals surface area contributed by atoms with Crippen LogP contribution in [-0.2, 0) is 4.74 Å². The smallest absolute Gasteiger partial charge is 0.413 e. The van der Waals surface area contributed by atoms with Gasteiger partial charge in [-0.2, -0.15) is 0 Å². The molecule has 0 saturated heterocycles. The standard InChI is InChI=1S/C10H13ClN2O2S/c1-10(2,3)15-9(14)13-8-5-4-7(16-11)6-12-8/h4-6H,1-3H3,(H,12,13,14). The van der Waals surface area contributed by atoms with E-state index in [4.69, 9.17) is 15.4 Å². The Balaban J connectivity index is 2.56. The molecule has 16 heavy (non-hydrogen) atoms. The number of pyridine rings is 1. The van der Waals surface area contributed by atoms with Gasteiger partial charge < -0.3 is 4.74 Å². The first kappa shape index (κ1) is 13.1. The molecule has 1 rings (SSSR count). The highest BCUT2D eigenvalue weighted by Crippen LogP contribution is 2.21. The molecule has 0 aliphatic heterocycles. The van der Waals surface area contributed by atoms with E-state index >= 15 is 0 Å². The Morgan fingerprint density at radius 1 is 1.50 bits per heavy atom. The van der Waals surface area contributed by atoms with Crippen molar-refractivity contribution in [3.05, 3.63) is 18.3 Å². The monoisotopic (exact) mass is 260 g/mol. The molecule has 0 atom stereocenters. The molecule has 1 aromatic heterocycles. The molecular formula is C10H13ClN2O2S. The highest BCUT2D eigenvalue weighted by molar-refractivity contribution is 8.21. The second kappa shape index (κ2) is 5.41. The van der Waals surface area contributed by atoms with Crippen LogP contribution in [0.2, 0.25) is 0 Å². The van der Waals surface area contributed by atoms with Crippen LogP contribution in [-0.4, -0.2) is 16.7 Å². The highest BCUT2D eigenvalue weighted by Gasteiger charge is 2.16. The predicted molar refractivity (Wildman–Crippen MR) is 65.8 cm³/mol. The van der Waals surface area contributed by atoms with Gasteiger partial charge in [0.1, 0.15) is 11.4 Å². The lowest BCUT2D eigenvalue weighted by Gasteiger charge is -2.19. The SMILES string of the molecule is CC(C)(C)OC(=O)Nc1ccc(SCl)cn1.